The maximum atomic E-state index is 12.6. The van der Waals surface area contributed by atoms with Crippen LogP contribution in [0.4, 0.5) is 11.4 Å². The largest absolute Gasteiger partial charge is 0.481 e. The Morgan fingerprint density at radius 3 is 2.67 bits per heavy atom. The quantitative estimate of drug-likeness (QED) is 0.852. The molecule has 2 amide bonds. The smallest absolute Gasteiger partial charge is 0.307 e. The van der Waals surface area contributed by atoms with E-state index in [1.165, 1.54) is 0 Å². The van der Waals surface area contributed by atoms with E-state index in [2.05, 4.69) is 5.32 Å². The van der Waals surface area contributed by atoms with Gasteiger partial charge in [-0.2, -0.15) is 0 Å². The van der Waals surface area contributed by atoms with Gasteiger partial charge in [-0.25, -0.2) is 0 Å². The zero-order valence-corrected chi connectivity index (χ0v) is 15.4. The van der Waals surface area contributed by atoms with E-state index in [0.717, 1.165) is 16.8 Å². The average molecular weight is 366 g/mol. The Kier molecular flexibility index (Phi) is 5.26. The molecule has 0 saturated carbocycles. The minimum absolute atomic E-state index is 0.0662. The van der Waals surface area contributed by atoms with Gasteiger partial charge in [-0.15, -0.1) is 0 Å². The van der Waals surface area contributed by atoms with Crippen molar-refractivity contribution in [2.24, 2.45) is 5.92 Å². The SMILES string of the molecule is Cc1cccc(N2CC(C(=O)Nc3cccc(CC(=O)O)c3)CC2=O)c1C. The van der Waals surface area contributed by atoms with E-state index in [0.29, 0.717) is 17.8 Å². The second-order valence-corrected chi connectivity index (χ2v) is 6.88. The lowest BCUT2D eigenvalue weighted by Crippen LogP contribution is -2.28. The molecule has 140 valence electrons. The predicted molar refractivity (Wildman–Crippen MR) is 103 cm³/mol. The molecule has 0 aliphatic carbocycles. The summed E-state index contributed by atoms with van der Waals surface area (Å²) in [5.41, 5.74) is 4.13. The molecule has 2 aromatic rings. The van der Waals surface area contributed by atoms with E-state index in [1.54, 1.807) is 29.2 Å². The van der Waals surface area contributed by atoms with Crippen LogP contribution in [0.1, 0.15) is 23.1 Å². The molecule has 6 heteroatoms. The highest BCUT2D eigenvalue weighted by atomic mass is 16.4. The predicted octanol–water partition coefficient (Wildman–Crippen LogP) is 2.92. The van der Waals surface area contributed by atoms with Crippen molar-refractivity contribution in [3.05, 3.63) is 59.2 Å². The van der Waals surface area contributed by atoms with Crippen LogP contribution in [-0.2, 0) is 20.8 Å². The number of carbonyl (C=O) groups is 3. The molecule has 2 aromatic carbocycles. The lowest BCUT2D eigenvalue weighted by atomic mass is 10.1. The minimum Gasteiger partial charge on any atom is -0.481 e. The minimum atomic E-state index is -0.927. The highest BCUT2D eigenvalue weighted by Gasteiger charge is 2.35. The average Bonchev–Trinajstić information content (AvgIpc) is 2.99. The van der Waals surface area contributed by atoms with Gasteiger partial charge in [0.25, 0.3) is 0 Å². The molecule has 1 saturated heterocycles. The summed E-state index contributed by atoms with van der Waals surface area (Å²) in [6, 6.07) is 12.6. The lowest BCUT2D eigenvalue weighted by Gasteiger charge is -2.20. The molecule has 1 aliphatic heterocycles. The summed E-state index contributed by atoms with van der Waals surface area (Å²) >= 11 is 0. The number of nitrogens with zero attached hydrogens (tertiary/aromatic N) is 1. The molecule has 1 fully saturated rings. The molecule has 0 bridgehead atoms. The van der Waals surface area contributed by atoms with Crippen molar-refractivity contribution < 1.29 is 19.5 Å². The van der Waals surface area contributed by atoms with Crippen LogP contribution >= 0.6 is 0 Å². The molecule has 1 aliphatic rings. The highest BCUT2D eigenvalue weighted by molar-refractivity contribution is 6.04. The van der Waals surface area contributed by atoms with Crippen LogP contribution < -0.4 is 10.2 Å². The second-order valence-electron chi connectivity index (χ2n) is 6.88. The molecule has 2 N–H and O–H groups in total. The van der Waals surface area contributed by atoms with Crippen LogP contribution in [0.3, 0.4) is 0 Å². The van der Waals surface area contributed by atoms with Crippen LogP contribution in [0, 0.1) is 19.8 Å². The summed E-state index contributed by atoms with van der Waals surface area (Å²) in [5, 5.41) is 11.7. The Balaban J connectivity index is 1.71. The molecule has 1 unspecified atom stereocenters. The standard InChI is InChI=1S/C21H22N2O4/c1-13-5-3-8-18(14(13)2)23-12-16(11-19(23)24)21(27)22-17-7-4-6-15(9-17)10-20(25)26/h3-9,16H,10-12H2,1-2H3,(H,22,27)(H,25,26). The zero-order chi connectivity index (χ0) is 19.6. The Hall–Kier alpha value is -3.15. The van der Waals surface area contributed by atoms with Gasteiger partial charge in [0.05, 0.1) is 12.3 Å². The summed E-state index contributed by atoms with van der Waals surface area (Å²) in [6.07, 6.45) is 0.0556. The Morgan fingerprint density at radius 2 is 1.93 bits per heavy atom. The van der Waals surface area contributed by atoms with Gasteiger partial charge in [-0.05, 0) is 48.7 Å². The molecular formula is C21H22N2O4. The first-order valence-corrected chi connectivity index (χ1v) is 8.83. The van der Waals surface area contributed by atoms with Crippen molar-refractivity contribution in [1.82, 2.24) is 0 Å². The number of anilines is 2. The summed E-state index contributed by atoms with van der Waals surface area (Å²) in [5.74, 6) is -1.67. The van der Waals surface area contributed by atoms with Gasteiger partial charge in [0, 0.05) is 24.3 Å². The first kappa shape index (κ1) is 18.6. The fraction of sp³-hybridized carbons (Fsp3) is 0.286. The highest BCUT2D eigenvalue weighted by Crippen LogP contribution is 2.30. The molecule has 6 nitrogen and oxygen atoms in total. The van der Waals surface area contributed by atoms with Gasteiger partial charge in [0.1, 0.15) is 0 Å². The molecular weight excluding hydrogens is 344 g/mol. The summed E-state index contributed by atoms with van der Waals surface area (Å²) < 4.78 is 0. The Bertz CT molecular complexity index is 907. The zero-order valence-electron chi connectivity index (χ0n) is 15.4. The number of amides is 2. The van der Waals surface area contributed by atoms with Crippen molar-refractivity contribution in [2.45, 2.75) is 26.7 Å². The fourth-order valence-corrected chi connectivity index (χ4v) is 3.32. The van der Waals surface area contributed by atoms with E-state index in [9.17, 15) is 14.4 Å². The Morgan fingerprint density at radius 1 is 1.19 bits per heavy atom. The molecule has 27 heavy (non-hydrogen) atoms. The van der Waals surface area contributed by atoms with E-state index >= 15 is 0 Å². The van der Waals surface area contributed by atoms with Gasteiger partial charge in [-0.3, -0.25) is 14.4 Å². The number of carbonyl (C=O) groups excluding carboxylic acids is 2. The lowest BCUT2D eigenvalue weighted by molar-refractivity contribution is -0.136. The molecule has 3 rings (SSSR count). The third-order valence-electron chi connectivity index (χ3n) is 4.91. The van der Waals surface area contributed by atoms with E-state index < -0.39 is 11.9 Å². The number of aryl methyl sites for hydroxylation is 1. The van der Waals surface area contributed by atoms with Gasteiger partial charge in [0.2, 0.25) is 11.8 Å². The van der Waals surface area contributed by atoms with Crippen molar-refractivity contribution >= 4 is 29.2 Å². The Labute approximate surface area is 157 Å². The fourth-order valence-electron chi connectivity index (χ4n) is 3.32. The molecule has 1 heterocycles. The summed E-state index contributed by atoms with van der Waals surface area (Å²) in [4.78, 5) is 37.6. The van der Waals surface area contributed by atoms with E-state index in [-0.39, 0.29) is 24.7 Å². The first-order valence-electron chi connectivity index (χ1n) is 8.83. The topological polar surface area (TPSA) is 86.7 Å². The number of rotatable bonds is 5. The van der Waals surface area contributed by atoms with Crippen molar-refractivity contribution in [1.29, 1.82) is 0 Å². The maximum Gasteiger partial charge on any atom is 0.307 e. The van der Waals surface area contributed by atoms with Crippen LogP contribution in [0.5, 0.6) is 0 Å². The third-order valence-corrected chi connectivity index (χ3v) is 4.91. The van der Waals surface area contributed by atoms with Crippen LogP contribution in [0.15, 0.2) is 42.5 Å². The van der Waals surface area contributed by atoms with Gasteiger partial charge in [0.15, 0.2) is 0 Å². The van der Waals surface area contributed by atoms with E-state index in [1.807, 2.05) is 32.0 Å². The summed E-state index contributed by atoms with van der Waals surface area (Å²) in [6.45, 7) is 4.30. The number of aliphatic carboxylic acids is 1. The number of carboxylic acid groups (broad SMARTS) is 1. The normalized spacial score (nSPS) is 16.4. The first-order chi connectivity index (χ1) is 12.8. The summed E-state index contributed by atoms with van der Waals surface area (Å²) in [7, 11) is 0. The molecule has 0 spiro atoms. The van der Waals surface area contributed by atoms with E-state index in [4.69, 9.17) is 5.11 Å². The molecule has 0 radical (unpaired) electrons. The number of hydrogen-bond donors (Lipinski definition) is 2. The van der Waals surface area contributed by atoms with Gasteiger partial charge >= 0.3 is 5.97 Å². The van der Waals surface area contributed by atoms with Gasteiger partial charge < -0.3 is 15.3 Å². The van der Waals surface area contributed by atoms with Crippen molar-refractivity contribution in [2.75, 3.05) is 16.8 Å². The second kappa shape index (κ2) is 7.61. The van der Waals surface area contributed by atoms with Crippen LogP contribution in [0.25, 0.3) is 0 Å². The van der Waals surface area contributed by atoms with Crippen LogP contribution in [-0.4, -0.2) is 29.4 Å². The monoisotopic (exact) mass is 366 g/mol. The number of hydrogen-bond acceptors (Lipinski definition) is 3. The number of carboxylic acids is 1. The third kappa shape index (κ3) is 4.16. The maximum absolute atomic E-state index is 12.6. The molecule has 1 atom stereocenters. The molecule has 0 aromatic heterocycles. The van der Waals surface area contributed by atoms with Gasteiger partial charge in [-0.1, -0.05) is 24.3 Å². The van der Waals surface area contributed by atoms with Crippen molar-refractivity contribution in [3.8, 4) is 0 Å². The van der Waals surface area contributed by atoms with Crippen molar-refractivity contribution in [3.63, 3.8) is 0 Å². The number of nitrogens with one attached hydrogen (secondary N) is 1. The van der Waals surface area contributed by atoms with Crippen LogP contribution in [0.2, 0.25) is 0 Å². The number of benzene rings is 2.